The van der Waals surface area contributed by atoms with Crippen LogP contribution in [-0.4, -0.2) is 51.3 Å². The van der Waals surface area contributed by atoms with Crippen molar-refractivity contribution in [2.75, 3.05) is 34.4 Å². The molecule has 1 unspecified atom stereocenters. The molecule has 5 heteroatoms. The number of carbonyl (C=O) groups excluding carboxylic acids is 1. The van der Waals surface area contributed by atoms with Crippen molar-refractivity contribution in [3.8, 4) is 11.5 Å². The second-order valence-corrected chi connectivity index (χ2v) is 4.44. The molecule has 19 heavy (non-hydrogen) atoms. The molecule has 0 aliphatic carbocycles. The van der Waals surface area contributed by atoms with Crippen molar-refractivity contribution >= 4 is 5.91 Å². The van der Waals surface area contributed by atoms with Gasteiger partial charge in [0.25, 0.3) is 5.91 Å². The van der Waals surface area contributed by atoms with Crippen LogP contribution in [0.2, 0.25) is 0 Å². The summed E-state index contributed by atoms with van der Waals surface area (Å²) in [5, 5.41) is 0. The molecule has 5 nitrogen and oxygen atoms in total. The largest absolute Gasteiger partial charge is 0.496 e. The van der Waals surface area contributed by atoms with Gasteiger partial charge in [-0.2, -0.15) is 0 Å². The lowest BCUT2D eigenvalue weighted by Crippen LogP contribution is -2.30. The molecule has 0 bridgehead atoms. The van der Waals surface area contributed by atoms with Gasteiger partial charge in [-0.05, 0) is 18.6 Å². The third kappa shape index (κ3) is 2.66. The van der Waals surface area contributed by atoms with Crippen molar-refractivity contribution in [3.05, 3.63) is 23.8 Å². The first-order valence-electron chi connectivity index (χ1n) is 6.24. The molecule has 0 aromatic heterocycles. The van der Waals surface area contributed by atoms with E-state index in [1.54, 1.807) is 44.4 Å². The SMILES string of the molecule is COc1cccc(OC)c1C(=O)N1CCC(OC)C1. The first-order valence-corrected chi connectivity index (χ1v) is 6.24. The van der Waals surface area contributed by atoms with Crippen LogP contribution in [0.4, 0.5) is 0 Å². The van der Waals surface area contributed by atoms with Crippen LogP contribution in [0, 0.1) is 0 Å². The molecule has 1 atom stereocenters. The minimum absolute atomic E-state index is 0.0751. The molecule has 1 fully saturated rings. The van der Waals surface area contributed by atoms with E-state index in [4.69, 9.17) is 14.2 Å². The zero-order chi connectivity index (χ0) is 13.8. The number of nitrogens with zero attached hydrogens (tertiary/aromatic N) is 1. The van der Waals surface area contributed by atoms with Crippen LogP contribution in [0.15, 0.2) is 18.2 Å². The predicted molar refractivity (Wildman–Crippen MR) is 70.9 cm³/mol. The Balaban J connectivity index is 2.28. The Hall–Kier alpha value is -1.75. The van der Waals surface area contributed by atoms with Crippen molar-refractivity contribution in [1.29, 1.82) is 0 Å². The lowest BCUT2D eigenvalue weighted by molar-refractivity contribution is 0.0718. The molecule has 1 aliphatic rings. The first-order chi connectivity index (χ1) is 9.21. The molecular formula is C14H19NO4. The number of ether oxygens (including phenoxy) is 3. The fourth-order valence-corrected chi connectivity index (χ4v) is 2.33. The second kappa shape index (κ2) is 5.93. The van der Waals surface area contributed by atoms with Crippen molar-refractivity contribution in [2.45, 2.75) is 12.5 Å². The Bertz CT molecular complexity index is 439. The van der Waals surface area contributed by atoms with Gasteiger partial charge in [-0.1, -0.05) is 6.07 Å². The quantitative estimate of drug-likeness (QED) is 0.829. The average molecular weight is 265 g/mol. The van der Waals surface area contributed by atoms with Crippen LogP contribution in [0.1, 0.15) is 16.8 Å². The highest BCUT2D eigenvalue weighted by Gasteiger charge is 2.30. The summed E-state index contributed by atoms with van der Waals surface area (Å²) in [6.07, 6.45) is 0.976. The van der Waals surface area contributed by atoms with E-state index in [0.29, 0.717) is 30.2 Å². The molecule has 1 heterocycles. The maximum absolute atomic E-state index is 12.6. The van der Waals surface area contributed by atoms with E-state index in [0.717, 1.165) is 6.42 Å². The summed E-state index contributed by atoms with van der Waals surface area (Å²) >= 11 is 0. The van der Waals surface area contributed by atoms with Gasteiger partial charge >= 0.3 is 0 Å². The van der Waals surface area contributed by atoms with Crippen molar-refractivity contribution in [3.63, 3.8) is 0 Å². The molecule has 1 amide bonds. The van der Waals surface area contributed by atoms with Crippen LogP contribution in [0.3, 0.4) is 0 Å². The van der Waals surface area contributed by atoms with Gasteiger partial charge in [-0.3, -0.25) is 4.79 Å². The molecule has 1 aromatic rings. The van der Waals surface area contributed by atoms with Gasteiger partial charge in [0.2, 0.25) is 0 Å². The van der Waals surface area contributed by atoms with E-state index < -0.39 is 0 Å². The minimum Gasteiger partial charge on any atom is -0.496 e. The average Bonchev–Trinajstić information content (AvgIpc) is 2.94. The first kappa shape index (κ1) is 13.7. The molecule has 0 spiro atoms. The minimum atomic E-state index is -0.0751. The molecular weight excluding hydrogens is 246 g/mol. The lowest BCUT2D eigenvalue weighted by atomic mass is 10.1. The highest BCUT2D eigenvalue weighted by molar-refractivity contribution is 5.99. The number of methoxy groups -OCH3 is 3. The van der Waals surface area contributed by atoms with Crippen molar-refractivity contribution < 1.29 is 19.0 Å². The van der Waals surface area contributed by atoms with Crippen LogP contribution < -0.4 is 9.47 Å². The normalized spacial score (nSPS) is 18.5. The summed E-state index contributed by atoms with van der Waals surface area (Å²) in [6.45, 7) is 1.30. The summed E-state index contributed by atoms with van der Waals surface area (Å²) < 4.78 is 15.8. The summed E-state index contributed by atoms with van der Waals surface area (Å²) in [4.78, 5) is 14.4. The number of hydrogen-bond donors (Lipinski definition) is 0. The Morgan fingerprint density at radius 3 is 2.32 bits per heavy atom. The van der Waals surface area contributed by atoms with Crippen LogP contribution in [0.25, 0.3) is 0 Å². The van der Waals surface area contributed by atoms with Gasteiger partial charge in [-0.25, -0.2) is 0 Å². The number of carbonyl (C=O) groups is 1. The molecule has 0 N–H and O–H groups in total. The Morgan fingerprint density at radius 2 is 1.84 bits per heavy atom. The van der Waals surface area contributed by atoms with E-state index in [1.165, 1.54) is 0 Å². The summed E-state index contributed by atoms with van der Waals surface area (Å²) in [5.74, 6) is 0.990. The van der Waals surface area contributed by atoms with E-state index in [1.807, 2.05) is 0 Å². The molecule has 1 aromatic carbocycles. The maximum Gasteiger partial charge on any atom is 0.261 e. The third-order valence-electron chi connectivity index (χ3n) is 3.41. The molecule has 1 saturated heterocycles. The topological polar surface area (TPSA) is 48.0 Å². The van der Waals surface area contributed by atoms with Crippen molar-refractivity contribution in [2.24, 2.45) is 0 Å². The van der Waals surface area contributed by atoms with Crippen LogP contribution in [0.5, 0.6) is 11.5 Å². The molecule has 0 saturated carbocycles. The van der Waals surface area contributed by atoms with Crippen molar-refractivity contribution in [1.82, 2.24) is 4.90 Å². The number of benzene rings is 1. The monoisotopic (exact) mass is 265 g/mol. The fourth-order valence-electron chi connectivity index (χ4n) is 2.33. The van der Waals surface area contributed by atoms with Gasteiger partial charge in [0.1, 0.15) is 17.1 Å². The number of hydrogen-bond acceptors (Lipinski definition) is 4. The lowest BCUT2D eigenvalue weighted by Gasteiger charge is -2.19. The van der Waals surface area contributed by atoms with Gasteiger partial charge < -0.3 is 19.1 Å². The summed E-state index contributed by atoms with van der Waals surface area (Å²) in [5.41, 5.74) is 0.476. The summed E-state index contributed by atoms with van der Waals surface area (Å²) in [7, 11) is 4.77. The van der Waals surface area contributed by atoms with E-state index in [9.17, 15) is 4.79 Å². The Kier molecular flexibility index (Phi) is 4.27. The number of likely N-dealkylation sites (tertiary alicyclic amines) is 1. The molecule has 1 aliphatic heterocycles. The second-order valence-electron chi connectivity index (χ2n) is 4.44. The highest BCUT2D eigenvalue weighted by Crippen LogP contribution is 2.30. The fraction of sp³-hybridized carbons (Fsp3) is 0.500. The van der Waals surface area contributed by atoms with Gasteiger partial charge in [0, 0.05) is 20.2 Å². The molecule has 0 radical (unpaired) electrons. The summed E-state index contributed by atoms with van der Waals surface area (Å²) in [6, 6.07) is 5.33. The molecule has 2 rings (SSSR count). The predicted octanol–water partition coefficient (Wildman–Crippen LogP) is 1.56. The van der Waals surface area contributed by atoms with Crippen LogP contribution in [-0.2, 0) is 4.74 Å². The third-order valence-corrected chi connectivity index (χ3v) is 3.41. The van der Waals surface area contributed by atoms with E-state index in [2.05, 4.69) is 0 Å². The Morgan fingerprint density at radius 1 is 1.21 bits per heavy atom. The van der Waals surface area contributed by atoms with E-state index >= 15 is 0 Å². The number of rotatable bonds is 4. The molecule has 104 valence electrons. The van der Waals surface area contributed by atoms with Gasteiger partial charge in [-0.15, -0.1) is 0 Å². The maximum atomic E-state index is 12.6. The smallest absolute Gasteiger partial charge is 0.261 e. The standard InChI is InChI=1S/C14H19NO4/c1-17-10-7-8-15(9-10)14(16)13-11(18-2)5-4-6-12(13)19-3/h4-6,10H,7-9H2,1-3H3. The zero-order valence-electron chi connectivity index (χ0n) is 11.5. The Labute approximate surface area is 113 Å². The van der Waals surface area contributed by atoms with Gasteiger partial charge in [0.05, 0.1) is 20.3 Å². The number of amides is 1. The van der Waals surface area contributed by atoms with E-state index in [-0.39, 0.29) is 12.0 Å². The highest BCUT2D eigenvalue weighted by atomic mass is 16.5. The van der Waals surface area contributed by atoms with Crippen LogP contribution >= 0.6 is 0 Å². The zero-order valence-corrected chi connectivity index (χ0v) is 11.5. The van der Waals surface area contributed by atoms with Gasteiger partial charge in [0.15, 0.2) is 0 Å².